The number of carbonyl (C=O) groups is 1. The van der Waals surface area contributed by atoms with Gasteiger partial charge in [-0.3, -0.25) is 4.79 Å². The number of benzene rings is 2. The van der Waals surface area contributed by atoms with Crippen molar-refractivity contribution in [1.29, 1.82) is 0 Å². The van der Waals surface area contributed by atoms with Crippen molar-refractivity contribution < 1.29 is 22.3 Å². The standard InChI is InChI=1S/C21H20FN3O4S2/c22-14-5-6-17-18(11-14)30-21(23-17)25-9-7-24(8-10-25)20(26)16-3-1-2-4-19(16)31(27,28)15-12-29-13-15/h1-6,11,15H,7-10,12-13H2. The summed E-state index contributed by atoms with van der Waals surface area (Å²) in [6.45, 7) is 2.36. The van der Waals surface area contributed by atoms with Crippen LogP contribution in [0.25, 0.3) is 10.2 Å². The van der Waals surface area contributed by atoms with Crippen molar-refractivity contribution in [3.05, 3.63) is 53.8 Å². The molecule has 31 heavy (non-hydrogen) atoms. The second kappa shape index (κ2) is 7.85. The van der Waals surface area contributed by atoms with Crippen LogP contribution < -0.4 is 4.90 Å². The molecule has 0 unspecified atom stereocenters. The van der Waals surface area contributed by atoms with Gasteiger partial charge in [0.25, 0.3) is 5.91 Å². The van der Waals surface area contributed by atoms with Gasteiger partial charge < -0.3 is 14.5 Å². The minimum Gasteiger partial charge on any atom is -0.379 e. The first kappa shape index (κ1) is 20.3. The van der Waals surface area contributed by atoms with Crippen LogP contribution in [0.15, 0.2) is 47.4 Å². The van der Waals surface area contributed by atoms with E-state index in [1.54, 1.807) is 29.2 Å². The number of fused-ring (bicyclic) bond motifs is 1. The molecular weight excluding hydrogens is 441 g/mol. The van der Waals surface area contributed by atoms with Gasteiger partial charge in [-0.25, -0.2) is 17.8 Å². The van der Waals surface area contributed by atoms with Crippen LogP contribution in [-0.4, -0.2) is 68.9 Å². The molecule has 0 bridgehead atoms. The van der Waals surface area contributed by atoms with Crippen LogP contribution in [0.5, 0.6) is 0 Å². The first-order valence-corrected chi connectivity index (χ1v) is 12.3. The molecule has 0 N–H and O–H groups in total. The van der Waals surface area contributed by atoms with Crippen molar-refractivity contribution in [3.8, 4) is 0 Å². The lowest BCUT2D eigenvalue weighted by molar-refractivity contribution is 0.0415. The van der Waals surface area contributed by atoms with E-state index in [4.69, 9.17) is 4.74 Å². The van der Waals surface area contributed by atoms with E-state index in [1.807, 2.05) is 0 Å². The number of aromatic nitrogens is 1. The zero-order chi connectivity index (χ0) is 21.6. The lowest BCUT2D eigenvalue weighted by Crippen LogP contribution is -2.49. The summed E-state index contributed by atoms with van der Waals surface area (Å²) in [5, 5.41) is 0.197. The summed E-state index contributed by atoms with van der Waals surface area (Å²) in [5.41, 5.74) is 0.956. The van der Waals surface area contributed by atoms with Crippen LogP contribution in [0, 0.1) is 5.82 Å². The minimum absolute atomic E-state index is 0.0731. The monoisotopic (exact) mass is 461 g/mol. The second-order valence-corrected chi connectivity index (χ2v) is 10.8. The summed E-state index contributed by atoms with van der Waals surface area (Å²) in [5.74, 6) is -0.578. The van der Waals surface area contributed by atoms with E-state index >= 15 is 0 Å². The number of hydrogen-bond acceptors (Lipinski definition) is 7. The number of amides is 1. The van der Waals surface area contributed by atoms with E-state index < -0.39 is 15.1 Å². The van der Waals surface area contributed by atoms with Crippen molar-refractivity contribution in [1.82, 2.24) is 9.88 Å². The van der Waals surface area contributed by atoms with Crippen LogP contribution in [0.4, 0.5) is 9.52 Å². The molecule has 1 aromatic heterocycles. The van der Waals surface area contributed by atoms with Gasteiger partial charge in [0.15, 0.2) is 15.0 Å². The Morgan fingerprint density at radius 1 is 1.10 bits per heavy atom. The molecule has 0 atom stereocenters. The van der Waals surface area contributed by atoms with Crippen LogP contribution >= 0.6 is 11.3 Å². The second-order valence-electron chi connectivity index (χ2n) is 7.59. The summed E-state index contributed by atoms with van der Waals surface area (Å²) in [4.78, 5) is 21.6. The highest BCUT2D eigenvalue weighted by atomic mass is 32.2. The number of anilines is 1. The SMILES string of the molecule is O=C(c1ccccc1S(=O)(=O)C1COC1)N1CCN(c2nc3ccc(F)cc3s2)CC1. The molecule has 7 nitrogen and oxygen atoms in total. The highest BCUT2D eigenvalue weighted by Crippen LogP contribution is 2.30. The average molecular weight is 462 g/mol. The Balaban J connectivity index is 1.32. The minimum atomic E-state index is -3.61. The molecule has 2 aliphatic rings. The number of piperazine rings is 1. The van der Waals surface area contributed by atoms with Crippen LogP contribution in [0.2, 0.25) is 0 Å². The first-order chi connectivity index (χ1) is 14.9. The molecule has 162 valence electrons. The number of sulfone groups is 1. The average Bonchev–Trinajstić information content (AvgIpc) is 3.15. The third-order valence-corrected chi connectivity index (χ3v) is 8.84. The zero-order valence-electron chi connectivity index (χ0n) is 16.5. The summed E-state index contributed by atoms with van der Waals surface area (Å²) in [7, 11) is -3.61. The van der Waals surface area contributed by atoms with Crippen molar-refractivity contribution in [2.45, 2.75) is 10.1 Å². The maximum atomic E-state index is 13.5. The topological polar surface area (TPSA) is 79.8 Å². The fraction of sp³-hybridized carbons (Fsp3) is 0.333. The fourth-order valence-electron chi connectivity index (χ4n) is 3.76. The summed E-state index contributed by atoms with van der Waals surface area (Å²) in [6.07, 6.45) is 0. The molecule has 2 aromatic carbocycles. The smallest absolute Gasteiger partial charge is 0.255 e. The molecule has 0 spiro atoms. The van der Waals surface area contributed by atoms with Gasteiger partial charge in [-0.05, 0) is 30.3 Å². The van der Waals surface area contributed by atoms with Crippen molar-refractivity contribution in [2.75, 3.05) is 44.3 Å². The molecule has 0 aliphatic carbocycles. The molecule has 3 aromatic rings. The molecule has 2 fully saturated rings. The number of halogens is 1. The Kier molecular flexibility index (Phi) is 5.15. The molecule has 2 aliphatic heterocycles. The lowest BCUT2D eigenvalue weighted by Gasteiger charge is -2.35. The third kappa shape index (κ3) is 3.68. The maximum absolute atomic E-state index is 13.5. The predicted molar refractivity (Wildman–Crippen MR) is 116 cm³/mol. The highest BCUT2D eigenvalue weighted by molar-refractivity contribution is 7.92. The third-order valence-electron chi connectivity index (χ3n) is 5.65. The normalized spacial score (nSPS) is 17.7. The van der Waals surface area contributed by atoms with Crippen molar-refractivity contribution >= 4 is 42.4 Å². The summed E-state index contributed by atoms with van der Waals surface area (Å²) < 4.78 is 45.0. The Hall–Kier alpha value is -2.56. The van der Waals surface area contributed by atoms with E-state index in [9.17, 15) is 17.6 Å². The maximum Gasteiger partial charge on any atom is 0.255 e. The van der Waals surface area contributed by atoms with Crippen LogP contribution in [0.1, 0.15) is 10.4 Å². The number of carbonyl (C=O) groups excluding carboxylic acids is 1. The van der Waals surface area contributed by atoms with Crippen LogP contribution in [0.3, 0.4) is 0 Å². The zero-order valence-corrected chi connectivity index (χ0v) is 18.2. The van der Waals surface area contributed by atoms with Crippen molar-refractivity contribution in [2.24, 2.45) is 0 Å². The molecular formula is C21H20FN3O4S2. The summed E-state index contributed by atoms with van der Waals surface area (Å²) in [6, 6.07) is 10.9. The number of nitrogens with zero attached hydrogens (tertiary/aromatic N) is 3. The van der Waals surface area contributed by atoms with Crippen molar-refractivity contribution in [3.63, 3.8) is 0 Å². The number of thiazole rings is 1. The van der Waals surface area contributed by atoms with E-state index in [1.165, 1.54) is 29.5 Å². The molecule has 3 heterocycles. The molecule has 0 radical (unpaired) electrons. The van der Waals surface area contributed by atoms with Gasteiger partial charge in [-0.1, -0.05) is 23.5 Å². The van der Waals surface area contributed by atoms with Gasteiger partial charge in [0.05, 0.1) is 33.9 Å². The Labute approximate surface area is 183 Å². The molecule has 2 saturated heterocycles. The van der Waals surface area contributed by atoms with Gasteiger partial charge in [0.2, 0.25) is 0 Å². The highest BCUT2D eigenvalue weighted by Gasteiger charge is 2.37. The quantitative estimate of drug-likeness (QED) is 0.594. The molecule has 10 heteroatoms. The first-order valence-electron chi connectivity index (χ1n) is 9.94. The number of rotatable bonds is 4. The molecule has 5 rings (SSSR count). The predicted octanol–water partition coefficient (Wildman–Crippen LogP) is 2.57. The lowest BCUT2D eigenvalue weighted by atomic mass is 10.2. The van der Waals surface area contributed by atoms with Gasteiger partial charge in [-0.15, -0.1) is 0 Å². The van der Waals surface area contributed by atoms with E-state index in [2.05, 4.69) is 9.88 Å². The Morgan fingerprint density at radius 2 is 1.84 bits per heavy atom. The Morgan fingerprint density at radius 3 is 2.55 bits per heavy atom. The van der Waals surface area contributed by atoms with Crippen LogP contribution in [-0.2, 0) is 14.6 Å². The van der Waals surface area contributed by atoms with E-state index in [0.29, 0.717) is 26.2 Å². The van der Waals surface area contributed by atoms with Gasteiger partial charge in [0, 0.05) is 26.2 Å². The van der Waals surface area contributed by atoms with Gasteiger partial charge in [0.1, 0.15) is 11.1 Å². The largest absolute Gasteiger partial charge is 0.379 e. The molecule has 0 saturated carbocycles. The number of hydrogen-bond donors (Lipinski definition) is 0. The summed E-state index contributed by atoms with van der Waals surface area (Å²) >= 11 is 1.42. The number of ether oxygens (including phenoxy) is 1. The fourth-order valence-corrected chi connectivity index (χ4v) is 6.44. The molecule has 1 amide bonds. The van der Waals surface area contributed by atoms with Gasteiger partial charge in [-0.2, -0.15) is 0 Å². The Bertz CT molecular complexity index is 1250. The van der Waals surface area contributed by atoms with E-state index in [0.717, 1.165) is 15.3 Å². The van der Waals surface area contributed by atoms with Gasteiger partial charge >= 0.3 is 0 Å². The van der Waals surface area contributed by atoms with E-state index in [-0.39, 0.29) is 35.4 Å².